The highest BCUT2D eigenvalue weighted by Gasteiger charge is 2.17. The summed E-state index contributed by atoms with van der Waals surface area (Å²) in [5, 5.41) is 2.76. The molecule has 126 valence electrons. The van der Waals surface area contributed by atoms with E-state index in [1.54, 1.807) is 24.4 Å². The Morgan fingerprint density at radius 1 is 1.29 bits per heavy atom. The Labute approximate surface area is 139 Å². The van der Waals surface area contributed by atoms with E-state index in [4.69, 9.17) is 4.74 Å². The van der Waals surface area contributed by atoms with Gasteiger partial charge in [-0.2, -0.15) is 0 Å². The van der Waals surface area contributed by atoms with Crippen LogP contribution in [0.5, 0.6) is 5.88 Å². The van der Waals surface area contributed by atoms with Crippen molar-refractivity contribution in [2.45, 2.75) is 38.3 Å². The largest absolute Gasteiger partial charge is 0.474 e. The third-order valence-corrected chi connectivity index (χ3v) is 4.01. The monoisotopic (exact) mass is 328 g/mol. The van der Waals surface area contributed by atoms with Gasteiger partial charge in [0.2, 0.25) is 5.88 Å². The average Bonchev–Trinajstić information content (AvgIpc) is 3.10. The van der Waals surface area contributed by atoms with Gasteiger partial charge in [-0.3, -0.25) is 9.36 Å². The Hall–Kier alpha value is -2.70. The smallest absolute Gasteiger partial charge is 0.347 e. The van der Waals surface area contributed by atoms with Crippen molar-refractivity contribution in [3.63, 3.8) is 0 Å². The summed E-state index contributed by atoms with van der Waals surface area (Å²) >= 11 is 0. The number of ether oxygens (including phenoxy) is 1. The van der Waals surface area contributed by atoms with E-state index in [0.29, 0.717) is 24.5 Å². The average molecular weight is 328 g/mol. The molecule has 1 N–H and O–H groups in total. The molecule has 0 unspecified atom stereocenters. The van der Waals surface area contributed by atoms with Gasteiger partial charge in [-0.1, -0.05) is 0 Å². The van der Waals surface area contributed by atoms with E-state index in [0.717, 1.165) is 12.8 Å². The number of hydrogen-bond donors (Lipinski definition) is 1. The Balaban J connectivity index is 1.49. The lowest BCUT2D eigenvalue weighted by molar-refractivity contribution is 0.0951. The summed E-state index contributed by atoms with van der Waals surface area (Å²) in [5.41, 5.74) is 0.133. The summed E-state index contributed by atoms with van der Waals surface area (Å²) in [5.74, 6) is 0.326. The molecular weight excluding hydrogens is 308 g/mol. The van der Waals surface area contributed by atoms with Gasteiger partial charge in [0.05, 0.1) is 5.56 Å². The Bertz CT molecular complexity index is 736. The summed E-state index contributed by atoms with van der Waals surface area (Å²) in [4.78, 5) is 31.4. The van der Waals surface area contributed by atoms with Crippen molar-refractivity contribution >= 4 is 5.91 Å². The molecule has 1 aliphatic carbocycles. The first-order valence-electron chi connectivity index (χ1n) is 8.15. The molecule has 0 bridgehead atoms. The van der Waals surface area contributed by atoms with Crippen LogP contribution in [0.2, 0.25) is 0 Å². The molecule has 1 saturated carbocycles. The number of aromatic nitrogens is 3. The molecule has 2 aromatic rings. The molecule has 3 rings (SSSR count). The van der Waals surface area contributed by atoms with Crippen LogP contribution < -0.4 is 15.7 Å². The first-order chi connectivity index (χ1) is 11.7. The summed E-state index contributed by atoms with van der Waals surface area (Å²) in [6.07, 6.45) is 9.37. The van der Waals surface area contributed by atoms with Gasteiger partial charge in [-0.05, 0) is 37.8 Å². The zero-order valence-electron chi connectivity index (χ0n) is 13.4. The predicted octanol–water partition coefficient (Wildman–Crippen LogP) is 1.39. The molecule has 1 fully saturated rings. The van der Waals surface area contributed by atoms with Crippen molar-refractivity contribution in [2.75, 3.05) is 6.54 Å². The van der Waals surface area contributed by atoms with Crippen molar-refractivity contribution < 1.29 is 9.53 Å². The minimum absolute atomic E-state index is 0.230. The second-order valence-corrected chi connectivity index (χ2v) is 5.76. The van der Waals surface area contributed by atoms with Crippen LogP contribution >= 0.6 is 0 Å². The fraction of sp³-hybridized carbons (Fsp3) is 0.412. The molecule has 2 aromatic heterocycles. The zero-order chi connectivity index (χ0) is 16.8. The van der Waals surface area contributed by atoms with Crippen LogP contribution in [0.15, 0.2) is 41.6 Å². The molecule has 0 spiro atoms. The Morgan fingerprint density at radius 3 is 2.83 bits per heavy atom. The van der Waals surface area contributed by atoms with Gasteiger partial charge >= 0.3 is 5.69 Å². The molecule has 24 heavy (non-hydrogen) atoms. The second kappa shape index (κ2) is 7.72. The minimum atomic E-state index is -0.332. The van der Waals surface area contributed by atoms with E-state index in [1.807, 2.05) is 0 Å². The van der Waals surface area contributed by atoms with Crippen molar-refractivity contribution in [1.82, 2.24) is 19.9 Å². The third kappa shape index (κ3) is 4.18. The van der Waals surface area contributed by atoms with Crippen LogP contribution in [0.25, 0.3) is 0 Å². The van der Waals surface area contributed by atoms with E-state index in [1.165, 1.54) is 29.8 Å². The van der Waals surface area contributed by atoms with Gasteiger partial charge in [-0.15, -0.1) is 0 Å². The number of pyridine rings is 1. The van der Waals surface area contributed by atoms with E-state index in [2.05, 4.69) is 15.3 Å². The predicted molar refractivity (Wildman–Crippen MR) is 88.0 cm³/mol. The summed E-state index contributed by atoms with van der Waals surface area (Å²) in [7, 11) is 0. The third-order valence-electron chi connectivity index (χ3n) is 4.01. The molecule has 2 heterocycles. The summed E-state index contributed by atoms with van der Waals surface area (Å²) in [6.45, 7) is 0.708. The van der Waals surface area contributed by atoms with Crippen molar-refractivity contribution in [1.29, 1.82) is 0 Å². The highest BCUT2D eigenvalue weighted by atomic mass is 16.5. The molecule has 7 nitrogen and oxygen atoms in total. The maximum atomic E-state index is 12.1. The van der Waals surface area contributed by atoms with Gasteiger partial charge in [0, 0.05) is 37.7 Å². The molecular formula is C17H20N4O3. The van der Waals surface area contributed by atoms with Crippen molar-refractivity contribution in [2.24, 2.45) is 0 Å². The fourth-order valence-corrected chi connectivity index (χ4v) is 2.71. The van der Waals surface area contributed by atoms with Crippen LogP contribution in [0.4, 0.5) is 0 Å². The number of amides is 1. The van der Waals surface area contributed by atoms with Gasteiger partial charge in [0.1, 0.15) is 6.10 Å². The lowest BCUT2D eigenvalue weighted by Crippen LogP contribution is -2.31. The number of hydrogen-bond acceptors (Lipinski definition) is 5. The van der Waals surface area contributed by atoms with Crippen LogP contribution in [0.1, 0.15) is 36.0 Å². The topological polar surface area (TPSA) is 86.1 Å². The van der Waals surface area contributed by atoms with Gasteiger partial charge in [0.15, 0.2) is 0 Å². The highest BCUT2D eigenvalue weighted by Crippen LogP contribution is 2.22. The summed E-state index contributed by atoms with van der Waals surface area (Å²) < 4.78 is 7.22. The van der Waals surface area contributed by atoms with Crippen molar-refractivity contribution in [3.8, 4) is 5.88 Å². The lowest BCUT2D eigenvalue weighted by atomic mass is 10.2. The highest BCUT2D eigenvalue weighted by molar-refractivity contribution is 5.93. The molecule has 0 aromatic carbocycles. The first kappa shape index (κ1) is 16.2. The van der Waals surface area contributed by atoms with Crippen LogP contribution in [-0.2, 0) is 6.54 Å². The van der Waals surface area contributed by atoms with Gasteiger partial charge in [-0.25, -0.2) is 14.8 Å². The van der Waals surface area contributed by atoms with Crippen LogP contribution in [0, 0.1) is 0 Å². The molecule has 0 radical (unpaired) electrons. The molecule has 0 saturated heterocycles. The van der Waals surface area contributed by atoms with E-state index in [-0.39, 0.29) is 17.7 Å². The Morgan fingerprint density at radius 2 is 2.12 bits per heavy atom. The quantitative estimate of drug-likeness (QED) is 0.866. The zero-order valence-corrected chi connectivity index (χ0v) is 13.4. The second-order valence-electron chi connectivity index (χ2n) is 5.76. The maximum Gasteiger partial charge on any atom is 0.347 e. The van der Waals surface area contributed by atoms with E-state index < -0.39 is 0 Å². The normalized spacial score (nSPS) is 14.5. The minimum Gasteiger partial charge on any atom is -0.474 e. The number of rotatable bonds is 6. The van der Waals surface area contributed by atoms with Crippen molar-refractivity contribution in [3.05, 3.63) is 52.8 Å². The molecule has 7 heteroatoms. The maximum absolute atomic E-state index is 12.1. The number of carbonyl (C=O) groups excluding carboxylic acids is 1. The first-order valence-corrected chi connectivity index (χ1v) is 8.15. The van der Waals surface area contributed by atoms with Gasteiger partial charge in [0.25, 0.3) is 5.91 Å². The summed E-state index contributed by atoms with van der Waals surface area (Å²) in [6, 6.07) is 5.10. The van der Waals surface area contributed by atoms with E-state index >= 15 is 0 Å². The molecule has 0 aliphatic heterocycles. The molecule has 1 amide bonds. The van der Waals surface area contributed by atoms with E-state index in [9.17, 15) is 9.59 Å². The fourth-order valence-electron chi connectivity index (χ4n) is 2.71. The number of nitrogens with zero attached hydrogens (tertiary/aromatic N) is 3. The molecule has 0 atom stereocenters. The standard InChI is InChI=1S/C17H20N4O3/c22-16(18-9-11-21-10-3-8-19-17(21)23)13-6-7-15(20-12-13)24-14-4-1-2-5-14/h3,6-8,10,12,14H,1-2,4-5,9,11H2,(H,18,22). The van der Waals surface area contributed by atoms with Crippen LogP contribution in [0.3, 0.4) is 0 Å². The lowest BCUT2D eigenvalue weighted by Gasteiger charge is -2.12. The van der Waals surface area contributed by atoms with Crippen LogP contribution in [-0.4, -0.2) is 33.1 Å². The SMILES string of the molecule is O=C(NCCn1cccnc1=O)c1ccc(OC2CCCC2)nc1. The van der Waals surface area contributed by atoms with Gasteiger partial charge < -0.3 is 10.1 Å². The Kier molecular flexibility index (Phi) is 5.20. The molecule has 1 aliphatic rings. The number of nitrogens with one attached hydrogen (secondary N) is 1. The number of carbonyl (C=O) groups is 1.